The van der Waals surface area contributed by atoms with Gasteiger partial charge in [0.15, 0.2) is 0 Å². The van der Waals surface area contributed by atoms with E-state index in [-0.39, 0.29) is 23.7 Å². The predicted octanol–water partition coefficient (Wildman–Crippen LogP) is 2.53. The van der Waals surface area contributed by atoms with E-state index >= 15 is 0 Å². The zero-order valence-electron chi connectivity index (χ0n) is 16.6. The van der Waals surface area contributed by atoms with Gasteiger partial charge in [0.1, 0.15) is 17.0 Å². The Morgan fingerprint density at radius 2 is 2.10 bits per heavy atom. The molecule has 0 radical (unpaired) electrons. The number of hydrogen-bond donors (Lipinski definition) is 1. The summed E-state index contributed by atoms with van der Waals surface area (Å²) in [5.41, 5.74) is 7.00. The van der Waals surface area contributed by atoms with E-state index in [0.717, 1.165) is 6.42 Å². The number of hydrogen-bond acceptors (Lipinski definition) is 6. The number of rotatable bonds is 4. The number of ether oxygens (including phenoxy) is 1. The van der Waals surface area contributed by atoms with E-state index in [1.807, 2.05) is 4.90 Å². The number of aryl methyl sites for hydroxylation is 1. The van der Waals surface area contributed by atoms with Gasteiger partial charge in [-0.1, -0.05) is 6.92 Å². The van der Waals surface area contributed by atoms with E-state index in [0.29, 0.717) is 34.7 Å². The maximum Gasteiger partial charge on any atom is 0.343 e. The molecular formula is C21H23FN4O3. The molecule has 0 aliphatic carbocycles. The first-order valence-corrected chi connectivity index (χ1v) is 9.68. The van der Waals surface area contributed by atoms with Gasteiger partial charge in [0.25, 0.3) is 0 Å². The van der Waals surface area contributed by atoms with Gasteiger partial charge in [-0.15, -0.1) is 0 Å². The number of pyridine rings is 2. The van der Waals surface area contributed by atoms with E-state index < -0.39 is 17.2 Å². The Labute approximate surface area is 166 Å². The third kappa shape index (κ3) is 3.04. The Hall–Kier alpha value is -3.00. The molecule has 1 fully saturated rings. The van der Waals surface area contributed by atoms with Crippen molar-refractivity contribution in [3.63, 3.8) is 0 Å². The molecule has 1 aromatic carbocycles. The van der Waals surface area contributed by atoms with Crippen molar-refractivity contribution in [2.45, 2.75) is 26.4 Å². The maximum atomic E-state index is 14.8. The molecule has 0 amide bonds. The Balaban J connectivity index is 1.87. The van der Waals surface area contributed by atoms with Crippen molar-refractivity contribution in [3.8, 4) is 0 Å². The number of nitrogens with two attached hydrogens (primary N) is 1. The number of carbonyl (C=O) groups is 1. The number of carbonyl (C=O) groups excluding carboxylic acids is 1. The zero-order valence-corrected chi connectivity index (χ0v) is 16.6. The van der Waals surface area contributed by atoms with Crippen molar-refractivity contribution >= 4 is 33.6 Å². The lowest BCUT2D eigenvalue weighted by molar-refractivity contribution is 0.0524. The standard InChI is InChI=1S/C21H23FN4O3/c1-4-11-9-26(19(11)23)17-8-16-12(7-15(17)22)6-13-18(27)14(21(28)29-5-2)10-25(3)20(13)24-16/h6-8,10-11,19H,4-5,9,23H2,1-3H3. The maximum absolute atomic E-state index is 14.8. The average molecular weight is 398 g/mol. The summed E-state index contributed by atoms with van der Waals surface area (Å²) in [5.74, 6) is -0.757. The van der Waals surface area contributed by atoms with Crippen LogP contribution in [0.5, 0.6) is 0 Å². The van der Waals surface area contributed by atoms with E-state index in [1.165, 1.54) is 12.3 Å². The normalized spacial score (nSPS) is 18.9. The Morgan fingerprint density at radius 1 is 1.34 bits per heavy atom. The first-order chi connectivity index (χ1) is 13.8. The monoisotopic (exact) mass is 398 g/mol. The SMILES string of the molecule is CCOC(=O)c1cn(C)c2nc3cc(N4CC(CC)C4N)c(F)cc3cc2c1=O. The number of esters is 1. The van der Waals surface area contributed by atoms with Gasteiger partial charge in [0, 0.05) is 31.1 Å². The molecule has 0 bridgehead atoms. The highest BCUT2D eigenvalue weighted by molar-refractivity contribution is 5.97. The van der Waals surface area contributed by atoms with Gasteiger partial charge in [-0.3, -0.25) is 4.79 Å². The van der Waals surface area contributed by atoms with E-state index in [9.17, 15) is 14.0 Å². The minimum absolute atomic E-state index is 0.0720. The van der Waals surface area contributed by atoms with Crippen LogP contribution < -0.4 is 16.1 Å². The van der Waals surface area contributed by atoms with Crippen molar-refractivity contribution < 1.29 is 13.9 Å². The molecule has 29 heavy (non-hydrogen) atoms. The predicted molar refractivity (Wildman–Crippen MR) is 110 cm³/mol. The van der Waals surface area contributed by atoms with Crippen molar-refractivity contribution in [1.29, 1.82) is 0 Å². The highest BCUT2D eigenvalue weighted by Crippen LogP contribution is 2.34. The molecule has 2 unspecified atom stereocenters. The molecule has 1 saturated heterocycles. The molecule has 2 atom stereocenters. The zero-order chi connectivity index (χ0) is 20.9. The first kappa shape index (κ1) is 19.3. The molecule has 3 heterocycles. The highest BCUT2D eigenvalue weighted by Gasteiger charge is 2.36. The summed E-state index contributed by atoms with van der Waals surface area (Å²) in [6.07, 6.45) is 2.15. The smallest absolute Gasteiger partial charge is 0.343 e. The summed E-state index contributed by atoms with van der Waals surface area (Å²) in [6.45, 7) is 4.61. The number of benzene rings is 1. The minimum Gasteiger partial charge on any atom is -0.462 e. The van der Waals surface area contributed by atoms with Gasteiger partial charge in [-0.05, 0) is 31.5 Å². The van der Waals surface area contributed by atoms with Crippen LogP contribution in [-0.4, -0.2) is 34.8 Å². The number of aromatic nitrogens is 2. The van der Waals surface area contributed by atoms with Gasteiger partial charge in [0.05, 0.1) is 29.4 Å². The van der Waals surface area contributed by atoms with Gasteiger partial charge < -0.3 is 19.9 Å². The van der Waals surface area contributed by atoms with Crippen LogP contribution in [0.25, 0.3) is 21.9 Å². The van der Waals surface area contributed by atoms with Crippen molar-refractivity contribution in [1.82, 2.24) is 9.55 Å². The number of fused-ring (bicyclic) bond motifs is 2. The molecule has 3 aromatic rings. The summed E-state index contributed by atoms with van der Waals surface area (Å²) >= 11 is 0. The second-order valence-corrected chi connectivity index (χ2v) is 7.37. The van der Waals surface area contributed by atoms with Crippen molar-refractivity contribution in [2.75, 3.05) is 18.1 Å². The molecule has 8 heteroatoms. The molecule has 1 aliphatic heterocycles. The molecule has 0 spiro atoms. The fraction of sp³-hybridized carbons (Fsp3) is 0.381. The minimum atomic E-state index is -0.686. The molecule has 1 aliphatic rings. The number of anilines is 1. The molecule has 0 saturated carbocycles. The fourth-order valence-corrected chi connectivity index (χ4v) is 3.87. The summed E-state index contributed by atoms with van der Waals surface area (Å²) in [4.78, 5) is 31.3. The van der Waals surface area contributed by atoms with E-state index in [4.69, 9.17) is 10.5 Å². The van der Waals surface area contributed by atoms with Crippen LogP contribution in [-0.2, 0) is 11.8 Å². The first-order valence-electron chi connectivity index (χ1n) is 9.68. The second-order valence-electron chi connectivity index (χ2n) is 7.37. The molecule has 4 rings (SSSR count). The highest BCUT2D eigenvalue weighted by atomic mass is 19.1. The fourth-order valence-electron chi connectivity index (χ4n) is 3.87. The molecular weight excluding hydrogens is 375 g/mol. The molecule has 2 aromatic heterocycles. The quantitative estimate of drug-likeness (QED) is 0.537. The van der Waals surface area contributed by atoms with E-state index in [2.05, 4.69) is 11.9 Å². The van der Waals surface area contributed by atoms with Gasteiger partial charge in [-0.25, -0.2) is 14.2 Å². The topological polar surface area (TPSA) is 90.5 Å². The van der Waals surface area contributed by atoms with Crippen LogP contribution in [0.15, 0.2) is 29.2 Å². The van der Waals surface area contributed by atoms with Crippen LogP contribution in [0.4, 0.5) is 10.1 Å². The number of nitrogens with zero attached hydrogens (tertiary/aromatic N) is 3. The van der Waals surface area contributed by atoms with Crippen molar-refractivity contribution in [3.05, 3.63) is 46.0 Å². The summed E-state index contributed by atoms with van der Waals surface area (Å²) in [7, 11) is 1.70. The lowest BCUT2D eigenvalue weighted by Crippen LogP contribution is -2.61. The third-order valence-corrected chi connectivity index (χ3v) is 5.61. The van der Waals surface area contributed by atoms with Gasteiger partial charge >= 0.3 is 5.97 Å². The summed E-state index contributed by atoms with van der Waals surface area (Å²) in [5, 5.41) is 0.724. The van der Waals surface area contributed by atoms with Crippen molar-refractivity contribution in [2.24, 2.45) is 18.7 Å². The van der Waals surface area contributed by atoms with Gasteiger partial charge in [0.2, 0.25) is 5.43 Å². The second kappa shape index (κ2) is 7.11. The summed E-state index contributed by atoms with van der Waals surface area (Å²) < 4.78 is 21.4. The lowest BCUT2D eigenvalue weighted by Gasteiger charge is -2.47. The Morgan fingerprint density at radius 3 is 2.76 bits per heavy atom. The largest absolute Gasteiger partial charge is 0.462 e. The third-order valence-electron chi connectivity index (χ3n) is 5.61. The van der Waals surface area contributed by atoms with Crippen LogP contribution in [0, 0.1) is 11.7 Å². The lowest BCUT2D eigenvalue weighted by atomic mass is 9.92. The Kier molecular flexibility index (Phi) is 4.74. The molecule has 7 nitrogen and oxygen atoms in total. The van der Waals surface area contributed by atoms with Crippen LogP contribution in [0.3, 0.4) is 0 Å². The van der Waals surface area contributed by atoms with Gasteiger partial charge in [-0.2, -0.15) is 0 Å². The average Bonchev–Trinajstić information content (AvgIpc) is 2.69. The Bertz CT molecular complexity index is 1190. The molecule has 152 valence electrons. The van der Waals surface area contributed by atoms with Crippen LogP contribution in [0.1, 0.15) is 30.6 Å². The van der Waals surface area contributed by atoms with E-state index in [1.54, 1.807) is 30.7 Å². The summed E-state index contributed by atoms with van der Waals surface area (Å²) in [6, 6.07) is 4.60. The molecule has 2 N–H and O–H groups in total. The van der Waals surface area contributed by atoms with Crippen LogP contribution in [0.2, 0.25) is 0 Å². The van der Waals surface area contributed by atoms with Crippen LogP contribution >= 0.6 is 0 Å². The number of halogens is 1.